The first kappa shape index (κ1) is 13.9. The molecule has 18 heavy (non-hydrogen) atoms. The van der Waals surface area contributed by atoms with Crippen LogP contribution in [0.4, 0.5) is 0 Å². The fraction of sp³-hybridized carbons (Fsp3) is 0.933. The van der Waals surface area contributed by atoms with Crippen molar-refractivity contribution in [3.05, 3.63) is 0 Å². The molecule has 104 valence electrons. The van der Waals surface area contributed by atoms with Crippen molar-refractivity contribution in [1.29, 1.82) is 0 Å². The molecule has 2 atom stereocenters. The maximum Gasteiger partial charge on any atom is 0.222 e. The first-order valence-electron chi connectivity index (χ1n) is 7.59. The van der Waals surface area contributed by atoms with Crippen molar-refractivity contribution in [1.82, 2.24) is 4.90 Å². The van der Waals surface area contributed by atoms with Crippen LogP contribution in [0.15, 0.2) is 0 Å². The van der Waals surface area contributed by atoms with E-state index in [-0.39, 0.29) is 6.61 Å². The third-order valence-electron chi connectivity index (χ3n) is 4.85. The number of rotatable bonds is 4. The number of aliphatic hydroxyl groups is 1. The van der Waals surface area contributed by atoms with Crippen LogP contribution in [0.2, 0.25) is 0 Å². The second kappa shape index (κ2) is 6.55. The summed E-state index contributed by atoms with van der Waals surface area (Å²) in [5, 5.41) is 9.11. The van der Waals surface area contributed by atoms with E-state index in [1.54, 1.807) is 0 Å². The van der Waals surface area contributed by atoms with E-state index in [2.05, 4.69) is 6.92 Å². The van der Waals surface area contributed by atoms with Crippen molar-refractivity contribution in [2.24, 2.45) is 17.8 Å². The van der Waals surface area contributed by atoms with E-state index in [9.17, 15) is 4.79 Å². The van der Waals surface area contributed by atoms with Crippen LogP contribution in [0, 0.1) is 17.8 Å². The minimum atomic E-state index is 0.224. The van der Waals surface area contributed by atoms with Gasteiger partial charge in [-0.1, -0.05) is 39.0 Å². The number of carbonyl (C=O) groups is 1. The normalized spacial score (nSPS) is 27.4. The fourth-order valence-corrected chi connectivity index (χ4v) is 3.48. The van der Waals surface area contributed by atoms with Crippen molar-refractivity contribution in [3.8, 4) is 0 Å². The number of hydrogen-bond donors (Lipinski definition) is 1. The summed E-state index contributed by atoms with van der Waals surface area (Å²) in [4.78, 5) is 14.2. The zero-order chi connectivity index (χ0) is 13.0. The number of nitrogens with zero attached hydrogens (tertiary/aromatic N) is 1. The van der Waals surface area contributed by atoms with Gasteiger partial charge < -0.3 is 10.0 Å². The number of likely N-dealkylation sites (tertiary alicyclic amines) is 1. The quantitative estimate of drug-likeness (QED) is 0.836. The molecule has 2 fully saturated rings. The summed E-state index contributed by atoms with van der Waals surface area (Å²) in [7, 11) is 0. The average molecular weight is 253 g/mol. The molecule has 1 aliphatic carbocycles. The lowest BCUT2D eigenvalue weighted by molar-refractivity contribution is -0.131. The predicted octanol–water partition coefficient (Wildman–Crippen LogP) is 2.43. The van der Waals surface area contributed by atoms with Crippen molar-refractivity contribution >= 4 is 5.91 Å². The standard InChI is InChI=1S/C15H27NO2/c1-12(14-5-3-2-4-6-14)9-15(18)16-8-7-13(10-16)11-17/h12-14,17H,2-11H2,1H3. The molecule has 1 N–H and O–H groups in total. The zero-order valence-corrected chi connectivity index (χ0v) is 11.6. The van der Waals surface area contributed by atoms with Crippen LogP contribution in [0.5, 0.6) is 0 Å². The Kier molecular flexibility index (Phi) is 5.04. The van der Waals surface area contributed by atoms with Gasteiger partial charge in [0, 0.05) is 32.0 Å². The van der Waals surface area contributed by atoms with E-state index in [4.69, 9.17) is 5.11 Å². The van der Waals surface area contributed by atoms with Gasteiger partial charge in [0.15, 0.2) is 0 Å². The Morgan fingerprint density at radius 2 is 2.00 bits per heavy atom. The molecule has 1 saturated heterocycles. The van der Waals surface area contributed by atoms with E-state index in [1.165, 1.54) is 32.1 Å². The maximum atomic E-state index is 12.2. The highest BCUT2D eigenvalue weighted by molar-refractivity contribution is 5.76. The largest absolute Gasteiger partial charge is 0.396 e. The lowest BCUT2D eigenvalue weighted by atomic mass is 9.79. The molecule has 3 heteroatoms. The zero-order valence-electron chi connectivity index (χ0n) is 11.6. The van der Waals surface area contributed by atoms with E-state index >= 15 is 0 Å². The third-order valence-corrected chi connectivity index (χ3v) is 4.85. The van der Waals surface area contributed by atoms with Crippen molar-refractivity contribution in [3.63, 3.8) is 0 Å². The smallest absolute Gasteiger partial charge is 0.222 e. The molecule has 0 spiro atoms. The minimum absolute atomic E-state index is 0.224. The number of hydrogen-bond acceptors (Lipinski definition) is 2. The molecule has 0 aromatic heterocycles. The molecule has 3 nitrogen and oxygen atoms in total. The summed E-state index contributed by atoms with van der Waals surface area (Å²) >= 11 is 0. The first-order chi connectivity index (χ1) is 8.70. The van der Waals surface area contributed by atoms with Gasteiger partial charge in [-0.2, -0.15) is 0 Å². The molecular weight excluding hydrogens is 226 g/mol. The van der Waals surface area contributed by atoms with E-state index in [0.29, 0.717) is 24.2 Å². The highest BCUT2D eigenvalue weighted by Crippen LogP contribution is 2.32. The van der Waals surface area contributed by atoms with Gasteiger partial charge in [0.25, 0.3) is 0 Å². The van der Waals surface area contributed by atoms with Crippen LogP contribution in [-0.2, 0) is 4.79 Å². The Bertz CT molecular complexity index is 274. The van der Waals surface area contributed by atoms with Gasteiger partial charge in [-0.05, 0) is 18.3 Å². The molecular formula is C15H27NO2. The van der Waals surface area contributed by atoms with Crippen molar-refractivity contribution in [2.45, 2.75) is 51.9 Å². The monoisotopic (exact) mass is 253 g/mol. The van der Waals surface area contributed by atoms with Crippen LogP contribution >= 0.6 is 0 Å². The molecule has 2 rings (SSSR count). The van der Waals surface area contributed by atoms with Crippen LogP contribution in [0.25, 0.3) is 0 Å². The lowest BCUT2D eigenvalue weighted by Gasteiger charge is -2.28. The second-order valence-corrected chi connectivity index (χ2v) is 6.26. The summed E-state index contributed by atoms with van der Waals surface area (Å²) in [6.45, 7) is 4.09. The number of amides is 1. The van der Waals surface area contributed by atoms with Crippen molar-refractivity contribution in [2.75, 3.05) is 19.7 Å². The molecule has 0 aromatic carbocycles. The van der Waals surface area contributed by atoms with Gasteiger partial charge in [-0.15, -0.1) is 0 Å². The highest BCUT2D eigenvalue weighted by atomic mass is 16.3. The SMILES string of the molecule is CC(CC(=O)N1CCC(CO)C1)C1CCCCC1. The molecule has 1 heterocycles. The van der Waals surface area contributed by atoms with Gasteiger partial charge in [0.1, 0.15) is 0 Å². The van der Waals surface area contributed by atoms with Crippen LogP contribution in [-0.4, -0.2) is 35.6 Å². The van der Waals surface area contributed by atoms with Crippen LogP contribution in [0.1, 0.15) is 51.9 Å². The molecule has 1 amide bonds. The van der Waals surface area contributed by atoms with Gasteiger partial charge >= 0.3 is 0 Å². The molecule has 1 saturated carbocycles. The third kappa shape index (κ3) is 3.47. The summed E-state index contributed by atoms with van der Waals surface area (Å²) < 4.78 is 0. The van der Waals surface area contributed by atoms with Gasteiger partial charge in [0.05, 0.1) is 0 Å². The van der Waals surface area contributed by atoms with E-state index in [1.807, 2.05) is 4.90 Å². The number of carbonyl (C=O) groups excluding carboxylic acids is 1. The first-order valence-corrected chi connectivity index (χ1v) is 7.59. The molecule has 2 unspecified atom stereocenters. The summed E-state index contributed by atoms with van der Waals surface area (Å²) in [5.74, 6) is 1.92. The van der Waals surface area contributed by atoms with Gasteiger partial charge in [-0.25, -0.2) is 0 Å². The molecule has 1 aliphatic heterocycles. The molecule has 0 aromatic rings. The Morgan fingerprint density at radius 1 is 1.28 bits per heavy atom. The van der Waals surface area contributed by atoms with E-state index in [0.717, 1.165) is 25.4 Å². The average Bonchev–Trinajstić information content (AvgIpc) is 2.88. The van der Waals surface area contributed by atoms with E-state index < -0.39 is 0 Å². The highest BCUT2D eigenvalue weighted by Gasteiger charge is 2.28. The summed E-state index contributed by atoms with van der Waals surface area (Å²) in [6, 6.07) is 0. The van der Waals surface area contributed by atoms with Crippen LogP contribution < -0.4 is 0 Å². The lowest BCUT2D eigenvalue weighted by Crippen LogP contribution is -2.31. The van der Waals surface area contributed by atoms with Crippen molar-refractivity contribution < 1.29 is 9.90 Å². The topological polar surface area (TPSA) is 40.5 Å². The number of aliphatic hydroxyl groups excluding tert-OH is 1. The predicted molar refractivity (Wildman–Crippen MR) is 72.1 cm³/mol. The Labute approximate surface area is 111 Å². The second-order valence-electron chi connectivity index (χ2n) is 6.26. The Morgan fingerprint density at radius 3 is 2.61 bits per heavy atom. The summed E-state index contributed by atoms with van der Waals surface area (Å²) in [5.41, 5.74) is 0. The van der Waals surface area contributed by atoms with Gasteiger partial charge in [-0.3, -0.25) is 4.79 Å². The molecule has 0 bridgehead atoms. The Balaban J connectivity index is 1.76. The summed E-state index contributed by atoms with van der Waals surface area (Å²) in [6.07, 6.45) is 8.38. The van der Waals surface area contributed by atoms with Gasteiger partial charge in [0.2, 0.25) is 5.91 Å². The maximum absolute atomic E-state index is 12.2. The molecule has 0 radical (unpaired) electrons. The Hall–Kier alpha value is -0.570. The minimum Gasteiger partial charge on any atom is -0.396 e. The fourth-order valence-electron chi connectivity index (χ4n) is 3.48. The van der Waals surface area contributed by atoms with Crippen LogP contribution in [0.3, 0.4) is 0 Å². The molecule has 2 aliphatic rings.